The minimum absolute atomic E-state index is 0.0139. The Balaban J connectivity index is 3.21. The molecule has 3 N–H and O–H groups in total. The number of methoxy groups -OCH3 is 1. The molecule has 1 aromatic rings. The van der Waals surface area contributed by atoms with Crippen molar-refractivity contribution in [3.63, 3.8) is 0 Å². The Bertz CT molecular complexity index is 425. The normalized spacial score (nSPS) is 11.9. The fourth-order valence-corrected chi connectivity index (χ4v) is 1.20. The molecule has 1 atom stereocenters. The van der Waals surface area contributed by atoms with Crippen LogP contribution in [-0.2, 0) is 4.79 Å². The Morgan fingerprint density at radius 1 is 1.31 bits per heavy atom. The fraction of sp³-hybridized carbons (Fsp3) is 0.200. The largest absolute Gasteiger partial charge is 0.496 e. The molecule has 0 spiro atoms. The molecule has 0 aliphatic carbocycles. The van der Waals surface area contributed by atoms with Crippen molar-refractivity contribution < 1.29 is 29.6 Å². The van der Waals surface area contributed by atoms with E-state index in [4.69, 9.17) is 14.9 Å². The molecule has 86 valence electrons. The van der Waals surface area contributed by atoms with E-state index < -0.39 is 18.0 Å². The minimum Gasteiger partial charge on any atom is -0.496 e. The first-order valence-corrected chi connectivity index (χ1v) is 4.29. The molecule has 6 heteroatoms. The zero-order valence-corrected chi connectivity index (χ0v) is 8.38. The summed E-state index contributed by atoms with van der Waals surface area (Å²) in [6.45, 7) is 0. The SMILES string of the molecule is COc1cc(C(=O)O)ccc1C(O)C(=O)O. The number of rotatable bonds is 4. The maximum atomic E-state index is 10.6. The number of aliphatic hydroxyl groups is 1. The van der Waals surface area contributed by atoms with E-state index in [1.807, 2.05) is 0 Å². The predicted octanol–water partition coefficient (Wildman–Crippen LogP) is 0.511. The quantitative estimate of drug-likeness (QED) is 0.691. The van der Waals surface area contributed by atoms with Crippen LogP contribution in [0.5, 0.6) is 5.75 Å². The van der Waals surface area contributed by atoms with Gasteiger partial charge in [-0.3, -0.25) is 0 Å². The summed E-state index contributed by atoms with van der Waals surface area (Å²) in [6, 6.07) is 3.57. The van der Waals surface area contributed by atoms with E-state index >= 15 is 0 Å². The van der Waals surface area contributed by atoms with Gasteiger partial charge in [-0.05, 0) is 12.1 Å². The number of carboxylic acids is 2. The summed E-state index contributed by atoms with van der Waals surface area (Å²) in [5, 5.41) is 26.6. The van der Waals surface area contributed by atoms with Crippen LogP contribution in [0.4, 0.5) is 0 Å². The van der Waals surface area contributed by atoms with Crippen molar-refractivity contribution in [3.8, 4) is 5.75 Å². The number of hydrogen-bond acceptors (Lipinski definition) is 4. The van der Waals surface area contributed by atoms with Gasteiger partial charge in [0.2, 0.25) is 0 Å². The molecule has 6 nitrogen and oxygen atoms in total. The van der Waals surface area contributed by atoms with Crippen molar-refractivity contribution in [2.75, 3.05) is 7.11 Å². The van der Waals surface area contributed by atoms with E-state index in [0.29, 0.717) is 0 Å². The van der Waals surface area contributed by atoms with Crippen molar-refractivity contribution in [2.24, 2.45) is 0 Å². The summed E-state index contributed by atoms with van der Waals surface area (Å²) in [5.41, 5.74) is -0.0295. The van der Waals surface area contributed by atoms with Crippen molar-refractivity contribution in [2.45, 2.75) is 6.10 Å². The number of aromatic carboxylic acids is 1. The van der Waals surface area contributed by atoms with E-state index in [1.54, 1.807) is 0 Å². The number of aliphatic carboxylic acids is 1. The predicted molar refractivity (Wildman–Crippen MR) is 52.5 cm³/mol. The van der Waals surface area contributed by atoms with Gasteiger partial charge in [-0.2, -0.15) is 0 Å². The summed E-state index contributed by atoms with van der Waals surface area (Å²) < 4.78 is 4.82. The Hall–Kier alpha value is -2.08. The molecule has 1 rings (SSSR count). The van der Waals surface area contributed by atoms with Gasteiger partial charge in [-0.1, -0.05) is 6.07 Å². The van der Waals surface area contributed by atoms with E-state index in [0.717, 1.165) is 6.07 Å². The van der Waals surface area contributed by atoms with Gasteiger partial charge in [0.15, 0.2) is 6.10 Å². The molecule has 0 radical (unpaired) electrons. The van der Waals surface area contributed by atoms with Gasteiger partial charge in [-0.15, -0.1) is 0 Å². The van der Waals surface area contributed by atoms with Crippen LogP contribution in [0, 0.1) is 0 Å². The van der Waals surface area contributed by atoms with Crippen LogP contribution in [0.3, 0.4) is 0 Å². The van der Waals surface area contributed by atoms with Crippen molar-refractivity contribution in [3.05, 3.63) is 29.3 Å². The van der Waals surface area contributed by atoms with Gasteiger partial charge >= 0.3 is 11.9 Å². The molecule has 0 saturated heterocycles. The summed E-state index contributed by atoms with van der Waals surface area (Å²) in [7, 11) is 1.26. The third-order valence-corrected chi connectivity index (χ3v) is 2.01. The average molecular weight is 226 g/mol. The highest BCUT2D eigenvalue weighted by atomic mass is 16.5. The van der Waals surface area contributed by atoms with Crippen LogP contribution >= 0.6 is 0 Å². The van der Waals surface area contributed by atoms with Crippen molar-refractivity contribution >= 4 is 11.9 Å². The number of carboxylic acid groups (broad SMARTS) is 2. The lowest BCUT2D eigenvalue weighted by Crippen LogP contribution is -2.12. The lowest BCUT2D eigenvalue weighted by atomic mass is 10.1. The number of carbonyl (C=O) groups is 2. The highest BCUT2D eigenvalue weighted by Gasteiger charge is 2.21. The van der Waals surface area contributed by atoms with Crippen molar-refractivity contribution in [1.82, 2.24) is 0 Å². The van der Waals surface area contributed by atoms with Crippen LogP contribution in [-0.4, -0.2) is 34.4 Å². The van der Waals surface area contributed by atoms with Crippen molar-refractivity contribution in [1.29, 1.82) is 0 Å². The molecule has 0 aliphatic heterocycles. The topological polar surface area (TPSA) is 104 Å². The first-order chi connectivity index (χ1) is 7.47. The Labute approximate surface area is 90.7 Å². The smallest absolute Gasteiger partial charge is 0.337 e. The third kappa shape index (κ3) is 2.29. The van der Waals surface area contributed by atoms with E-state index in [2.05, 4.69) is 0 Å². The molecule has 0 aliphatic rings. The van der Waals surface area contributed by atoms with Crippen LogP contribution in [0.15, 0.2) is 18.2 Å². The summed E-state index contributed by atoms with van der Waals surface area (Å²) in [4.78, 5) is 21.2. The Kier molecular flexibility index (Phi) is 3.47. The van der Waals surface area contributed by atoms with Gasteiger partial charge in [0.25, 0.3) is 0 Å². The Morgan fingerprint density at radius 3 is 2.38 bits per heavy atom. The van der Waals surface area contributed by atoms with Crippen LogP contribution in [0.2, 0.25) is 0 Å². The Morgan fingerprint density at radius 2 is 1.94 bits per heavy atom. The molecule has 0 bridgehead atoms. The second-order valence-corrected chi connectivity index (χ2v) is 3.00. The zero-order chi connectivity index (χ0) is 12.3. The third-order valence-electron chi connectivity index (χ3n) is 2.01. The van der Waals surface area contributed by atoms with Crippen LogP contribution < -0.4 is 4.74 Å². The van der Waals surface area contributed by atoms with Gasteiger partial charge in [0, 0.05) is 5.56 Å². The maximum Gasteiger partial charge on any atom is 0.337 e. The number of benzene rings is 1. The molecule has 0 heterocycles. The lowest BCUT2D eigenvalue weighted by Gasteiger charge is -2.11. The molecule has 1 aromatic carbocycles. The zero-order valence-electron chi connectivity index (χ0n) is 8.38. The van der Waals surface area contributed by atoms with Crippen LogP contribution in [0.25, 0.3) is 0 Å². The van der Waals surface area contributed by atoms with Gasteiger partial charge in [0.1, 0.15) is 5.75 Å². The molecular formula is C10H10O6. The second-order valence-electron chi connectivity index (χ2n) is 3.00. The minimum atomic E-state index is -1.74. The summed E-state index contributed by atoms with van der Waals surface area (Å²) >= 11 is 0. The van der Waals surface area contributed by atoms with E-state index in [1.165, 1.54) is 19.2 Å². The highest BCUT2D eigenvalue weighted by molar-refractivity contribution is 5.88. The van der Waals surface area contributed by atoms with E-state index in [-0.39, 0.29) is 16.9 Å². The average Bonchev–Trinajstić information content (AvgIpc) is 2.26. The van der Waals surface area contributed by atoms with Crippen LogP contribution in [0.1, 0.15) is 22.0 Å². The fourth-order valence-electron chi connectivity index (χ4n) is 1.20. The van der Waals surface area contributed by atoms with Gasteiger partial charge < -0.3 is 20.1 Å². The number of hydrogen-bond donors (Lipinski definition) is 3. The highest BCUT2D eigenvalue weighted by Crippen LogP contribution is 2.26. The molecule has 0 fully saturated rings. The maximum absolute atomic E-state index is 10.6. The van der Waals surface area contributed by atoms with Gasteiger partial charge in [-0.25, -0.2) is 9.59 Å². The number of ether oxygens (including phenoxy) is 1. The molecular weight excluding hydrogens is 216 g/mol. The standard InChI is InChI=1S/C10H10O6/c1-16-7-4-5(9(12)13)2-3-6(7)8(11)10(14)15/h2-4,8,11H,1H3,(H,12,13)(H,14,15). The summed E-state index contributed by atoms with van der Waals surface area (Å²) in [6.07, 6.45) is -1.74. The number of aliphatic hydroxyl groups excluding tert-OH is 1. The molecule has 1 unspecified atom stereocenters. The molecule has 0 aromatic heterocycles. The molecule has 16 heavy (non-hydrogen) atoms. The first kappa shape index (κ1) is 12.0. The monoisotopic (exact) mass is 226 g/mol. The first-order valence-electron chi connectivity index (χ1n) is 4.29. The van der Waals surface area contributed by atoms with E-state index in [9.17, 15) is 14.7 Å². The molecule has 0 saturated carbocycles. The van der Waals surface area contributed by atoms with Gasteiger partial charge in [0.05, 0.1) is 12.7 Å². The molecule has 0 amide bonds. The second kappa shape index (κ2) is 4.63. The summed E-state index contributed by atoms with van der Waals surface area (Å²) in [5.74, 6) is -2.56. The lowest BCUT2D eigenvalue weighted by molar-refractivity contribution is -0.147.